The van der Waals surface area contributed by atoms with E-state index in [9.17, 15) is 8.42 Å². The van der Waals surface area contributed by atoms with Crippen molar-refractivity contribution in [1.29, 1.82) is 0 Å². The standard InChI is InChI=1S/C16H24N4O2S/c1-3-17-23(21,22)13-9-10-19(11-13)12-16-18-14-7-5-6-8-15(14)20(16)4-2/h5-8,13,17H,3-4,9-12H2,1-2H3/t13-/m0/s1. The molecule has 2 aromatic rings. The molecule has 0 bridgehead atoms. The summed E-state index contributed by atoms with van der Waals surface area (Å²) >= 11 is 0. The summed E-state index contributed by atoms with van der Waals surface area (Å²) in [6.07, 6.45) is 0.682. The molecule has 3 rings (SSSR count). The largest absolute Gasteiger partial charge is 0.327 e. The number of likely N-dealkylation sites (tertiary alicyclic amines) is 1. The predicted octanol–water partition coefficient (Wildman–Crippen LogP) is 1.57. The number of fused-ring (bicyclic) bond motifs is 1. The van der Waals surface area contributed by atoms with E-state index in [0.29, 0.717) is 26.1 Å². The number of hydrogen-bond acceptors (Lipinski definition) is 4. The molecule has 2 heterocycles. The lowest BCUT2D eigenvalue weighted by Gasteiger charge is -2.16. The van der Waals surface area contributed by atoms with Crippen molar-refractivity contribution >= 4 is 21.1 Å². The van der Waals surface area contributed by atoms with Crippen molar-refractivity contribution in [2.24, 2.45) is 0 Å². The van der Waals surface area contributed by atoms with Crippen molar-refractivity contribution in [2.75, 3.05) is 19.6 Å². The Kier molecular flexibility index (Phi) is 4.70. The van der Waals surface area contributed by atoms with Crippen LogP contribution in [0.3, 0.4) is 0 Å². The lowest BCUT2D eigenvalue weighted by molar-refractivity contribution is 0.317. The van der Waals surface area contributed by atoms with Gasteiger partial charge in [-0.05, 0) is 25.5 Å². The topological polar surface area (TPSA) is 67.2 Å². The van der Waals surface area contributed by atoms with Crippen LogP contribution in [0.1, 0.15) is 26.1 Å². The summed E-state index contributed by atoms with van der Waals surface area (Å²) in [5.74, 6) is 1.01. The molecule has 1 aliphatic heterocycles. The molecule has 0 spiro atoms. The van der Waals surface area contributed by atoms with E-state index >= 15 is 0 Å². The summed E-state index contributed by atoms with van der Waals surface area (Å²) in [5, 5.41) is -0.318. The molecule has 126 valence electrons. The van der Waals surface area contributed by atoms with Gasteiger partial charge >= 0.3 is 0 Å². The van der Waals surface area contributed by atoms with Crippen molar-refractivity contribution < 1.29 is 8.42 Å². The first-order valence-corrected chi connectivity index (χ1v) is 9.74. The van der Waals surface area contributed by atoms with Gasteiger partial charge in [0.2, 0.25) is 10.0 Å². The highest BCUT2D eigenvalue weighted by Crippen LogP contribution is 2.21. The van der Waals surface area contributed by atoms with Crippen molar-refractivity contribution in [2.45, 2.75) is 38.6 Å². The Labute approximate surface area is 137 Å². The number of hydrogen-bond donors (Lipinski definition) is 1. The highest BCUT2D eigenvalue weighted by molar-refractivity contribution is 7.90. The van der Waals surface area contributed by atoms with Crippen LogP contribution in [0, 0.1) is 0 Å². The van der Waals surface area contributed by atoms with Crippen LogP contribution in [0.15, 0.2) is 24.3 Å². The van der Waals surface area contributed by atoms with E-state index in [4.69, 9.17) is 4.98 Å². The Bertz CT molecular complexity index is 784. The molecule has 0 saturated carbocycles. The number of nitrogens with zero attached hydrogens (tertiary/aromatic N) is 3. The van der Waals surface area contributed by atoms with Crippen LogP contribution < -0.4 is 4.72 Å². The molecule has 0 amide bonds. The molecule has 1 aromatic carbocycles. The van der Waals surface area contributed by atoms with E-state index in [2.05, 4.69) is 27.2 Å². The molecule has 7 heteroatoms. The van der Waals surface area contributed by atoms with Gasteiger partial charge in [-0.15, -0.1) is 0 Å². The molecule has 1 aliphatic rings. The van der Waals surface area contributed by atoms with Crippen LogP contribution >= 0.6 is 0 Å². The average molecular weight is 336 g/mol. The second kappa shape index (κ2) is 6.59. The summed E-state index contributed by atoms with van der Waals surface area (Å²) in [5.41, 5.74) is 2.14. The van der Waals surface area contributed by atoms with E-state index in [1.165, 1.54) is 0 Å². The minimum absolute atomic E-state index is 0.318. The molecular formula is C16H24N4O2S. The van der Waals surface area contributed by atoms with Gasteiger partial charge in [-0.1, -0.05) is 19.1 Å². The third-order valence-electron chi connectivity index (χ3n) is 4.43. The Hall–Kier alpha value is -1.44. The maximum absolute atomic E-state index is 12.1. The molecule has 23 heavy (non-hydrogen) atoms. The molecular weight excluding hydrogens is 312 g/mol. The normalized spacial score (nSPS) is 19.7. The Morgan fingerprint density at radius 3 is 2.83 bits per heavy atom. The summed E-state index contributed by atoms with van der Waals surface area (Å²) in [7, 11) is -3.19. The number of para-hydroxylation sites is 2. The number of aromatic nitrogens is 2. The minimum Gasteiger partial charge on any atom is -0.327 e. The van der Waals surface area contributed by atoms with E-state index in [1.807, 2.05) is 25.1 Å². The summed E-state index contributed by atoms with van der Waals surface area (Å²) in [6.45, 7) is 7.30. The molecule has 6 nitrogen and oxygen atoms in total. The van der Waals surface area contributed by atoms with Gasteiger partial charge < -0.3 is 4.57 Å². The zero-order valence-electron chi connectivity index (χ0n) is 13.7. The van der Waals surface area contributed by atoms with E-state index < -0.39 is 10.0 Å². The molecule has 1 N–H and O–H groups in total. The van der Waals surface area contributed by atoms with E-state index in [-0.39, 0.29) is 5.25 Å². The third-order valence-corrected chi connectivity index (χ3v) is 6.38. The second-order valence-electron chi connectivity index (χ2n) is 5.95. The molecule has 1 aromatic heterocycles. The smallest absolute Gasteiger partial charge is 0.215 e. The molecule has 0 unspecified atom stereocenters. The quantitative estimate of drug-likeness (QED) is 0.869. The number of benzene rings is 1. The minimum atomic E-state index is -3.19. The molecule has 0 radical (unpaired) electrons. The van der Waals surface area contributed by atoms with Crippen LogP contribution in [0.5, 0.6) is 0 Å². The molecule has 1 fully saturated rings. The van der Waals surface area contributed by atoms with Crippen LogP contribution in [0.2, 0.25) is 0 Å². The zero-order valence-corrected chi connectivity index (χ0v) is 14.5. The van der Waals surface area contributed by atoms with Gasteiger partial charge in [0.05, 0.1) is 22.8 Å². The molecule has 1 atom stereocenters. The number of nitrogens with one attached hydrogen (secondary N) is 1. The monoisotopic (exact) mass is 336 g/mol. The van der Waals surface area contributed by atoms with Gasteiger partial charge in [-0.2, -0.15) is 0 Å². The summed E-state index contributed by atoms with van der Waals surface area (Å²) in [4.78, 5) is 6.91. The number of aryl methyl sites for hydroxylation is 1. The molecule has 0 aliphatic carbocycles. The van der Waals surface area contributed by atoms with Gasteiger partial charge in [0, 0.05) is 26.2 Å². The number of rotatable bonds is 6. The van der Waals surface area contributed by atoms with Crippen molar-refractivity contribution in [3.63, 3.8) is 0 Å². The fourth-order valence-corrected chi connectivity index (χ4v) is 4.77. The second-order valence-corrected chi connectivity index (χ2v) is 8.00. The highest BCUT2D eigenvalue weighted by atomic mass is 32.2. The zero-order chi connectivity index (χ0) is 16.4. The first kappa shape index (κ1) is 16.4. The Balaban J connectivity index is 1.76. The Morgan fingerprint density at radius 1 is 1.30 bits per heavy atom. The first-order chi connectivity index (χ1) is 11.0. The van der Waals surface area contributed by atoms with Crippen molar-refractivity contribution in [3.8, 4) is 0 Å². The van der Waals surface area contributed by atoms with Gasteiger partial charge in [0.1, 0.15) is 5.82 Å². The number of imidazole rings is 1. The third kappa shape index (κ3) is 3.27. The highest BCUT2D eigenvalue weighted by Gasteiger charge is 2.33. The van der Waals surface area contributed by atoms with Crippen LogP contribution in [-0.4, -0.2) is 47.8 Å². The van der Waals surface area contributed by atoms with E-state index in [1.54, 1.807) is 0 Å². The van der Waals surface area contributed by atoms with Gasteiger partial charge in [-0.25, -0.2) is 18.1 Å². The SMILES string of the molecule is CCNS(=O)(=O)[C@H]1CCN(Cc2nc3ccccc3n2CC)C1. The Morgan fingerprint density at radius 2 is 2.09 bits per heavy atom. The number of sulfonamides is 1. The van der Waals surface area contributed by atoms with Crippen molar-refractivity contribution in [3.05, 3.63) is 30.1 Å². The van der Waals surface area contributed by atoms with Gasteiger partial charge in [0.15, 0.2) is 0 Å². The fraction of sp³-hybridized carbons (Fsp3) is 0.562. The maximum atomic E-state index is 12.1. The van der Waals surface area contributed by atoms with Gasteiger partial charge in [-0.3, -0.25) is 4.90 Å². The lowest BCUT2D eigenvalue weighted by atomic mass is 10.3. The predicted molar refractivity (Wildman–Crippen MR) is 91.7 cm³/mol. The fourth-order valence-electron chi connectivity index (χ4n) is 3.31. The van der Waals surface area contributed by atoms with Crippen LogP contribution in [0.25, 0.3) is 11.0 Å². The van der Waals surface area contributed by atoms with Crippen LogP contribution in [-0.2, 0) is 23.1 Å². The summed E-state index contributed by atoms with van der Waals surface area (Å²) < 4.78 is 29.1. The summed E-state index contributed by atoms with van der Waals surface area (Å²) in [6, 6.07) is 8.12. The lowest BCUT2D eigenvalue weighted by Crippen LogP contribution is -2.36. The van der Waals surface area contributed by atoms with Gasteiger partial charge in [0.25, 0.3) is 0 Å². The van der Waals surface area contributed by atoms with E-state index in [0.717, 1.165) is 29.9 Å². The van der Waals surface area contributed by atoms with Crippen LogP contribution in [0.4, 0.5) is 0 Å². The maximum Gasteiger partial charge on any atom is 0.215 e. The van der Waals surface area contributed by atoms with Crippen molar-refractivity contribution in [1.82, 2.24) is 19.2 Å². The average Bonchev–Trinajstić information content (AvgIpc) is 3.11. The molecule has 1 saturated heterocycles. The first-order valence-electron chi connectivity index (χ1n) is 8.20.